The molecule has 1 aromatic heterocycles. The fourth-order valence-electron chi connectivity index (χ4n) is 3.85. The minimum absolute atomic E-state index is 0.373. The van der Waals surface area contributed by atoms with Crippen LogP contribution in [0, 0.1) is 12.8 Å². The van der Waals surface area contributed by atoms with Gasteiger partial charge in [-0.25, -0.2) is 4.98 Å². The molecule has 5 heteroatoms. The van der Waals surface area contributed by atoms with Crippen LogP contribution in [0.3, 0.4) is 0 Å². The lowest BCUT2D eigenvalue weighted by Gasteiger charge is -2.25. The maximum absolute atomic E-state index is 12.2. The molecule has 1 N–H and O–H groups in total. The molecule has 1 atom stereocenters. The van der Waals surface area contributed by atoms with E-state index in [0.717, 1.165) is 37.6 Å². The number of H-pyrrole nitrogens is 1. The molecular weight excluding hydrogens is 264 g/mol. The molecule has 0 radical (unpaired) electrons. The molecule has 116 valence electrons. The average Bonchev–Trinajstić information content (AvgIpc) is 3.12. The van der Waals surface area contributed by atoms with Gasteiger partial charge in [0.15, 0.2) is 0 Å². The van der Waals surface area contributed by atoms with Crippen LogP contribution in [-0.2, 0) is 11.3 Å². The van der Waals surface area contributed by atoms with E-state index in [4.69, 9.17) is 0 Å². The van der Waals surface area contributed by atoms with Gasteiger partial charge in [-0.3, -0.25) is 4.79 Å². The van der Waals surface area contributed by atoms with Gasteiger partial charge in [0.2, 0.25) is 5.91 Å². The minimum Gasteiger partial charge on any atom is -0.345 e. The fraction of sp³-hybridized carbons (Fsp3) is 0.750. The van der Waals surface area contributed by atoms with Crippen LogP contribution < -0.4 is 0 Å². The highest BCUT2D eigenvalue weighted by molar-refractivity contribution is 5.79. The molecule has 0 aromatic carbocycles. The largest absolute Gasteiger partial charge is 0.345 e. The van der Waals surface area contributed by atoms with Crippen LogP contribution in [0.5, 0.6) is 0 Å². The van der Waals surface area contributed by atoms with Gasteiger partial charge in [0.1, 0.15) is 5.82 Å². The molecule has 1 aliphatic carbocycles. The molecule has 2 aliphatic rings. The Kier molecular flexibility index (Phi) is 4.29. The predicted molar refractivity (Wildman–Crippen MR) is 81.7 cm³/mol. The Hall–Kier alpha value is -1.36. The monoisotopic (exact) mass is 290 g/mol. The van der Waals surface area contributed by atoms with Crippen molar-refractivity contribution in [2.24, 2.45) is 5.92 Å². The Morgan fingerprint density at radius 3 is 2.86 bits per heavy atom. The normalized spacial score (nSPS) is 23.7. The van der Waals surface area contributed by atoms with Gasteiger partial charge in [0.25, 0.3) is 0 Å². The number of hydrogen-bond acceptors (Lipinski definition) is 3. The second kappa shape index (κ2) is 6.18. The molecule has 21 heavy (non-hydrogen) atoms. The maximum Gasteiger partial charge on any atom is 0.223 e. The van der Waals surface area contributed by atoms with Crippen molar-refractivity contribution in [2.75, 3.05) is 20.1 Å². The highest BCUT2D eigenvalue weighted by atomic mass is 16.2. The number of imidazole rings is 1. The second-order valence-corrected chi connectivity index (χ2v) is 6.75. The molecule has 1 aliphatic heterocycles. The standard InChI is InChI=1S/C16H26N4O/c1-12-17-8-14(18-12)11-19(2)9-13-7-16(21)20(10-13)15-5-3-4-6-15/h8,13,15H,3-7,9-11H2,1-2H3,(H,17,18). The van der Waals surface area contributed by atoms with Gasteiger partial charge < -0.3 is 14.8 Å². The van der Waals surface area contributed by atoms with Crippen molar-refractivity contribution in [1.29, 1.82) is 0 Å². The van der Waals surface area contributed by atoms with Gasteiger partial charge in [-0.2, -0.15) is 0 Å². The Balaban J connectivity index is 1.50. The van der Waals surface area contributed by atoms with Crippen molar-refractivity contribution < 1.29 is 4.79 Å². The van der Waals surface area contributed by atoms with Crippen molar-refractivity contribution in [3.05, 3.63) is 17.7 Å². The summed E-state index contributed by atoms with van der Waals surface area (Å²) >= 11 is 0. The summed E-state index contributed by atoms with van der Waals surface area (Å²) in [6.45, 7) is 4.77. The molecule has 0 bridgehead atoms. The van der Waals surface area contributed by atoms with Crippen LogP contribution >= 0.6 is 0 Å². The number of aromatic amines is 1. The average molecular weight is 290 g/mol. The van der Waals surface area contributed by atoms with E-state index in [-0.39, 0.29) is 0 Å². The summed E-state index contributed by atoms with van der Waals surface area (Å²) in [4.78, 5) is 24.2. The molecule has 1 saturated heterocycles. The summed E-state index contributed by atoms with van der Waals surface area (Å²) in [6.07, 6.45) is 7.62. The SMILES string of the molecule is Cc1ncc(CN(C)CC2CC(=O)N(C3CCCC3)C2)[nH]1. The molecule has 1 aromatic rings. The highest BCUT2D eigenvalue weighted by Gasteiger charge is 2.35. The number of rotatable bonds is 5. The lowest BCUT2D eigenvalue weighted by Crippen LogP contribution is -2.35. The molecule has 1 amide bonds. The first-order valence-corrected chi connectivity index (χ1v) is 8.10. The van der Waals surface area contributed by atoms with Gasteiger partial charge in [0, 0.05) is 44.0 Å². The summed E-state index contributed by atoms with van der Waals surface area (Å²) in [5, 5.41) is 0. The molecule has 2 fully saturated rings. The van der Waals surface area contributed by atoms with E-state index in [2.05, 4.69) is 26.8 Å². The van der Waals surface area contributed by atoms with Gasteiger partial charge in [-0.05, 0) is 32.7 Å². The lowest BCUT2D eigenvalue weighted by molar-refractivity contribution is -0.129. The van der Waals surface area contributed by atoms with Crippen molar-refractivity contribution in [1.82, 2.24) is 19.8 Å². The van der Waals surface area contributed by atoms with E-state index in [9.17, 15) is 4.79 Å². The van der Waals surface area contributed by atoms with E-state index in [1.165, 1.54) is 25.7 Å². The van der Waals surface area contributed by atoms with E-state index in [0.29, 0.717) is 17.9 Å². The number of nitrogens with zero attached hydrogens (tertiary/aromatic N) is 3. The second-order valence-electron chi connectivity index (χ2n) is 6.75. The van der Waals surface area contributed by atoms with Crippen LogP contribution in [-0.4, -0.2) is 51.9 Å². The molecule has 1 unspecified atom stereocenters. The molecule has 0 spiro atoms. The molecule has 2 heterocycles. The Morgan fingerprint density at radius 1 is 1.43 bits per heavy atom. The molecule has 1 saturated carbocycles. The molecular formula is C16H26N4O. The van der Waals surface area contributed by atoms with Gasteiger partial charge in [0.05, 0.1) is 0 Å². The first-order chi connectivity index (χ1) is 10.1. The highest BCUT2D eigenvalue weighted by Crippen LogP contribution is 2.29. The Morgan fingerprint density at radius 2 is 2.19 bits per heavy atom. The summed E-state index contributed by atoms with van der Waals surface area (Å²) in [7, 11) is 2.12. The zero-order valence-electron chi connectivity index (χ0n) is 13.1. The summed E-state index contributed by atoms with van der Waals surface area (Å²) in [6, 6.07) is 0.531. The fourth-order valence-corrected chi connectivity index (χ4v) is 3.85. The number of aryl methyl sites for hydroxylation is 1. The van der Waals surface area contributed by atoms with Crippen molar-refractivity contribution >= 4 is 5.91 Å². The zero-order valence-corrected chi connectivity index (χ0v) is 13.1. The first kappa shape index (κ1) is 14.6. The third-order valence-electron chi connectivity index (χ3n) is 4.77. The van der Waals surface area contributed by atoms with Crippen molar-refractivity contribution in [3.63, 3.8) is 0 Å². The predicted octanol–water partition coefficient (Wildman–Crippen LogP) is 1.94. The summed E-state index contributed by atoms with van der Waals surface area (Å²) < 4.78 is 0. The van der Waals surface area contributed by atoms with E-state index in [1.807, 2.05) is 13.1 Å². The zero-order chi connectivity index (χ0) is 14.8. The Bertz CT molecular complexity index is 492. The van der Waals surface area contributed by atoms with Crippen molar-refractivity contribution in [3.8, 4) is 0 Å². The quantitative estimate of drug-likeness (QED) is 0.901. The van der Waals surface area contributed by atoms with Gasteiger partial charge in [-0.15, -0.1) is 0 Å². The smallest absolute Gasteiger partial charge is 0.223 e. The number of hydrogen-bond donors (Lipinski definition) is 1. The maximum atomic E-state index is 12.2. The number of nitrogens with one attached hydrogen (secondary N) is 1. The third-order valence-corrected chi connectivity index (χ3v) is 4.77. The van der Waals surface area contributed by atoms with Gasteiger partial charge in [-0.1, -0.05) is 12.8 Å². The van der Waals surface area contributed by atoms with E-state index >= 15 is 0 Å². The topological polar surface area (TPSA) is 52.2 Å². The van der Waals surface area contributed by atoms with Crippen molar-refractivity contribution in [2.45, 2.75) is 51.6 Å². The van der Waals surface area contributed by atoms with Gasteiger partial charge >= 0.3 is 0 Å². The lowest BCUT2D eigenvalue weighted by atomic mass is 10.1. The summed E-state index contributed by atoms with van der Waals surface area (Å²) in [5.41, 5.74) is 1.15. The van der Waals surface area contributed by atoms with E-state index in [1.54, 1.807) is 0 Å². The minimum atomic E-state index is 0.373. The van der Waals surface area contributed by atoms with Crippen LogP contribution in [0.4, 0.5) is 0 Å². The molecule has 5 nitrogen and oxygen atoms in total. The third kappa shape index (κ3) is 3.46. The molecule has 3 rings (SSSR count). The first-order valence-electron chi connectivity index (χ1n) is 8.10. The van der Waals surface area contributed by atoms with Crippen LogP contribution in [0.2, 0.25) is 0 Å². The number of carbonyl (C=O) groups excluding carboxylic acids is 1. The number of likely N-dealkylation sites (tertiary alicyclic amines) is 1. The van der Waals surface area contributed by atoms with Crippen LogP contribution in [0.1, 0.15) is 43.6 Å². The number of carbonyl (C=O) groups is 1. The number of aromatic nitrogens is 2. The van der Waals surface area contributed by atoms with E-state index < -0.39 is 0 Å². The van der Waals surface area contributed by atoms with Crippen LogP contribution in [0.25, 0.3) is 0 Å². The number of amides is 1. The van der Waals surface area contributed by atoms with Crippen LogP contribution in [0.15, 0.2) is 6.20 Å². The Labute approximate surface area is 126 Å². The summed E-state index contributed by atoms with van der Waals surface area (Å²) in [5.74, 6) is 1.81.